The molecule has 0 saturated carbocycles. The van der Waals surface area contributed by atoms with Crippen molar-refractivity contribution in [3.05, 3.63) is 12.2 Å². The molecule has 0 rings (SSSR count). The fourth-order valence-corrected chi connectivity index (χ4v) is 6.43. The molecule has 3 unspecified atom stereocenters. The van der Waals surface area contributed by atoms with Gasteiger partial charge >= 0.3 is 11.9 Å². The van der Waals surface area contributed by atoms with Crippen LogP contribution in [0, 0.1) is 0 Å². The minimum atomic E-state index is -1.36. The Morgan fingerprint density at radius 2 is 0.925 bits per heavy atom. The summed E-state index contributed by atoms with van der Waals surface area (Å²) in [6.07, 6.45) is 25.2. The van der Waals surface area contributed by atoms with Crippen LogP contribution in [0.4, 0.5) is 0 Å². The Bertz CT molecular complexity index is 652. The Labute approximate surface area is 245 Å². The van der Waals surface area contributed by atoms with Crippen LogP contribution in [0.25, 0.3) is 0 Å². The molecule has 0 bridgehead atoms. The Balaban J connectivity index is 4.49. The van der Waals surface area contributed by atoms with Gasteiger partial charge in [-0.3, -0.25) is 4.48 Å². The maximum absolute atomic E-state index is 12.2. The molecule has 3 atom stereocenters. The molecule has 0 amide bonds. The molecule has 0 aliphatic rings. The standard InChI is InChI=1S/C33H61NO6/c1-5-9-10-11-12-13-14-15-16-17-18-19-20-21-22-23-24-25-26-27-34(28(6-2)31(35)36,29(7-3)32(37)38)30(8-4)33(39)40/h12-13,28-30H,5-11,14-27H2,1-4H3,(H2-,35,36,37,38,39,40)/b13-12+. The average Bonchev–Trinajstić information content (AvgIpc) is 2.90. The van der Waals surface area contributed by atoms with Crippen LogP contribution in [0.3, 0.4) is 0 Å². The first-order chi connectivity index (χ1) is 19.2. The van der Waals surface area contributed by atoms with Gasteiger partial charge in [0, 0.05) is 19.3 Å². The third kappa shape index (κ3) is 14.1. The summed E-state index contributed by atoms with van der Waals surface area (Å²) in [5, 5.41) is 32.1. The molecule has 0 aromatic carbocycles. The molecule has 0 aromatic heterocycles. The number of nitrogens with zero attached hydrogens (tertiary/aromatic N) is 1. The fraction of sp³-hybridized carbons (Fsp3) is 0.848. The Hall–Kier alpha value is -1.89. The third-order valence-corrected chi connectivity index (χ3v) is 8.55. The van der Waals surface area contributed by atoms with Crippen LogP contribution in [0.5, 0.6) is 0 Å². The van der Waals surface area contributed by atoms with E-state index in [0.29, 0.717) is 6.42 Å². The lowest BCUT2D eigenvalue weighted by molar-refractivity contribution is -0.974. The summed E-state index contributed by atoms with van der Waals surface area (Å²) in [6, 6.07) is -3.37. The second-order valence-corrected chi connectivity index (χ2v) is 11.5. The first kappa shape index (κ1) is 38.1. The molecule has 234 valence electrons. The van der Waals surface area contributed by atoms with Gasteiger partial charge in [0.2, 0.25) is 0 Å². The highest BCUT2D eigenvalue weighted by Crippen LogP contribution is 2.32. The molecule has 7 heteroatoms. The van der Waals surface area contributed by atoms with Gasteiger partial charge in [0.15, 0.2) is 12.1 Å². The number of hydrogen-bond donors (Lipinski definition) is 2. The third-order valence-electron chi connectivity index (χ3n) is 8.55. The summed E-state index contributed by atoms with van der Waals surface area (Å²) in [4.78, 5) is 36.6. The summed E-state index contributed by atoms with van der Waals surface area (Å²) in [5.41, 5.74) is 0. The normalized spacial score (nSPS) is 15.5. The van der Waals surface area contributed by atoms with Crippen LogP contribution in [-0.4, -0.2) is 57.3 Å². The number of unbranched alkanes of at least 4 members (excludes halogenated alkanes) is 15. The second kappa shape index (κ2) is 23.8. The molecule has 0 radical (unpaired) electrons. The summed E-state index contributed by atoms with van der Waals surface area (Å²) in [6.45, 7) is 7.51. The number of carboxylic acids is 3. The Kier molecular flexibility index (Phi) is 22.7. The Morgan fingerprint density at radius 1 is 0.575 bits per heavy atom. The lowest BCUT2D eigenvalue weighted by Crippen LogP contribution is -2.73. The average molecular weight is 568 g/mol. The van der Waals surface area contributed by atoms with Crippen LogP contribution in [0.1, 0.15) is 156 Å². The van der Waals surface area contributed by atoms with E-state index in [1.54, 1.807) is 20.8 Å². The molecular weight excluding hydrogens is 506 g/mol. The molecule has 0 aliphatic carbocycles. The summed E-state index contributed by atoms with van der Waals surface area (Å²) in [5.74, 6) is -3.65. The molecule has 0 spiro atoms. The van der Waals surface area contributed by atoms with Gasteiger partial charge in [-0.1, -0.05) is 110 Å². The fourth-order valence-electron chi connectivity index (χ4n) is 6.43. The van der Waals surface area contributed by atoms with Crippen LogP contribution < -0.4 is 5.11 Å². The second-order valence-electron chi connectivity index (χ2n) is 11.5. The van der Waals surface area contributed by atoms with Crippen molar-refractivity contribution in [2.75, 3.05) is 6.54 Å². The number of aliphatic carboxylic acids is 3. The number of carboxylic acid groups (broad SMARTS) is 3. The molecule has 0 fully saturated rings. The van der Waals surface area contributed by atoms with E-state index in [1.807, 2.05) is 0 Å². The monoisotopic (exact) mass is 567 g/mol. The van der Waals surface area contributed by atoms with E-state index < -0.39 is 40.5 Å². The Morgan fingerprint density at radius 3 is 1.25 bits per heavy atom. The van der Waals surface area contributed by atoms with E-state index >= 15 is 0 Å². The largest absolute Gasteiger partial charge is 0.544 e. The minimum absolute atomic E-state index is 0.131. The van der Waals surface area contributed by atoms with Crippen molar-refractivity contribution in [2.24, 2.45) is 0 Å². The van der Waals surface area contributed by atoms with Crippen molar-refractivity contribution >= 4 is 17.9 Å². The molecule has 2 N–H and O–H groups in total. The van der Waals surface area contributed by atoms with Gasteiger partial charge in [-0.25, -0.2) is 9.59 Å². The van der Waals surface area contributed by atoms with Crippen LogP contribution >= 0.6 is 0 Å². The van der Waals surface area contributed by atoms with E-state index in [1.165, 1.54) is 83.5 Å². The number of quaternary nitrogens is 1. The molecule has 0 aliphatic heterocycles. The van der Waals surface area contributed by atoms with E-state index in [2.05, 4.69) is 19.1 Å². The van der Waals surface area contributed by atoms with Crippen molar-refractivity contribution in [2.45, 2.75) is 174 Å². The molecule has 0 aromatic rings. The first-order valence-electron chi connectivity index (χ1n) is 16.4. The summed E-state index contributed by atoms with van der Waals surface area (Å²) in [7, 11) is 0. The lowest BCUT2D eigenvalue weighted by Gasteiger charge is -2.51. The predicted molar refractivity (Wildman–Crippen MR) is 161 cm³/mol. The maximum atomic E-state index is 12.2. The maximum Gasteiger partial charge on any atom is 0.362 e. The molecule has 0 saturated heterocycles. The van der Waals surface area contributed by atoms with Gasteiger partial charge in [0.1, 0.15) is 6.04 Å². The van der Waals surface area contributed by atoms with Crippen molar-refractivity contribution in [3.8, 4) is 0 Å². The highest BCUT2D eigenvalue weighted by Gasteiger charge is 2.53. The summed E-state index contributed by atoms with van der Waals surface area (Å²) < 4.78 is -0.467. The lowest BCUT2D eigenvalue weighted by atomic mass is 9.93. The minimum Gasteiger partial charge on any atom is -0.544 e. The molecule has 7 nitrogen and oxygen atoms in total. The smallest absolute Gasteiger partial charge is 0.362 e. The van der Waals surface area contributed by atoms with Gasteiger partial charge in [-0.2, -0.15) is 0 Å². The van der Waals surface area contributed by atoms with Gasteiger partial charge in [0.25, 0.3) is 0 Å². The number of carbonyl (C=O) groups excluding carboxylic acids is 1. The molecule has 40 heavy (non-hydrogen) atoms. The molecular formula is C33H61NO6. The number of allylic oxidation sites excluding steroid dienone is 2. The van der Waals surface area contributed by atoms with E-state index in [0.717, 1.165) is 19.3 Å². The summed E-state index contributed by atoms with van der Waals surface area (Å²) >= 11 is 0. The highest BCUT2D eigenvalue weighted by atomic mass is 16.4. The van der Waals surface area contributed by atoms with E-state index in [-0.39, 0.29) is 25.8 Å². The SMILES string of the molecule is CCCCC/C=C/CCCCCCCCCCCCCC[N+](C(CC)C(=O)[O-])(C(CC)C(=O)O)C(CC)C(=O)O. The quantitative estimate of drug-likeness (QED) is 0.0584. The molecule has 0 heterocycles. The van der Waals surface area contributed by atoms with Crippen LogP contribution in [-0.2, 0) is 14.4 Å². The van der Waals surface area contributed by atoms with E-state index in [9.17, 15) is 29.7 Å². The van der Waals surface area contributed by atoms with Crippen molar-refractivity contribution in [3.63, 3.8) is 0 Å². The number of carbonyl (C=O) groups is 3. The number of rotatable bonds is 28. The van der Waals surface area contributed by atoms with Crippen LogP contribution in [0.15, 0.2) is 12.2 Å². The van der Waals surface area contributed by atoms with Gasteiger partial charge in [-0.05, 0) is 38.5 Å². The first-order valence-corrected chi connectivity index (χ1v) is 16.4. The topological polar surface area (TPSA) is 115 Å². The van der Waals surface area contributed by atoms with Crippen LogP contribution in [0.2, 0.25) is 0 Å². The van der Waals surface area contributed by atoms with Crippen molar-refractivity contribution < 1.29 is 34.2 Å². The van der Waals surface area contributed by atoms with Gasteiger partial charge in [0.05, 0.1) is 12.5 Å². The zero-order valence-electron chi connectivity index (χ0n) is 26.2. The zero-order chi connectivity index (χ0) is 30.2. The number of hydrogen-bond acceptors (Lipinski definition) is 4. The van der Waals surface area contributed by atoms with Crippen molar-refractivity contribution in [1.29, 1.82) is 0 Å². The van der Waals surface area contributed by atoms with E-state index in [4.69, 9.17) is 0 Å². The zero-order valence-corrected chi connectivity index (χ0v) is 26.2. The highest BCUT2D eigenvalue weighted by molar-refractivity contribution is 5.77. The van der Waals surface area contributed by atoms with Gasteiger partial charge < -0.3 is 20.1 Å². The predicted octanol–water partition coefficient (Wildman–Crippen LogP) is 7.27. The van der Waals surface area contributed by atoms with Gasteiger partial charge in [-0.15, -0.1) is 0 Å². The van der Waals surface area contributed by atoms with Crippen molar-refractivity contribution in [1.82, 2.24) is 0 Å².